The number of hydrogen-bond donors (Lipinski definition) is 1. The minimum Gasteiger partial charge on any atom is -0.380 e. The van der Waals surface area contributed by atoms with E-state index in [0.29, 0.717) is 12.2 Å². The van der Waals surface area contributed by atoms with E-state index in [1.165, 1.54) is 12.8 Å². The van der Waals surface area contributed by atoms with E-state index < -0.39 is 0 Å². The lowest BCUT2D eigenvalue weighted by atomic mass is 9.99. The van der Waals surface area contributed by atoms with Gasteiger partial charge in [0.25, 0.3) is 5.69 Å². The smallest absolute Gasteiger partial charge is 0.292 e. The van der Waals surface area contributed by atoms with E-state index in [9.17, 15) is 10.1 Å². The first-order valence-electron chi connectivity index (χ1n) is 7.33. The van der Waals surface area contributed by atoms with Crippen LogP contribution in [0.3, 0.4) is 0 Å². The maximum atomic E-state index is 11.0. The molecule has 1 heterocycles. The number of nitrogens with zero attached hydrogens (tertiary/aromatic N) is 2. The van der Waals surface area contributed by atoms with Gasteiger partial charge < -0.3 is 5.32 Å². The summed E-state index contributed by atoms with van der Waals surface area (Å²) in [6.07, 6.45) is 2.55. The van der Waals surface area contributed by atoms with Gasteiger partial charge in [-0.2, -0.15) is 0 Å². The Morgan fingerprint density at radius 3 is 2.95 bits per heavy atom. The molecule has 0 radical (unpaired) electrons. The van der Waals surface area contributed by atoms with E-state index in [1.54, 1.807) is 6.07 Å². The molecule has 0 aromatic heterocycles. The monoisotopic (exact) mass is 277 g/mol. The van der Waals surface area contributed by atoms with Gasteiger partial charge in [-0.25, -0.2) is 0 Å². The van der Waals surface area contributed by atoms with E-state index in [4.69, 9.17) is 0 Å². The van der Waals surface area contributed by atoms with Crippen LogP contribution in [0, 0.1) is 16.0 Å². The van der Waals surface area contributed by atoms with Crippen molar-refractivity contribution in [2.45, 2.75) is 33.2 Å². The molecule has 5 heteroatoms. The topological polar surface area (TPSA) is 58.4 Å². The molecular formula is C15H23N3O2. The predicted octanol–water partition coefficient (Wildman–Crippen LogP) is 3.26. The lowest BCUT2D eigenvalue weighted by Crippen LogP contribution is -2.33. The summed E-state index contributed by atoms with van der Waals surface area (Å²) in [4.78, 5) is 13.1. The maximum Gasteiger partial charge on any atom is 0.292 e. The van der Waals surface area contributed by atoms with Crippen molar-refractivity contribution >= 4 is 11.4 Å². The van der Waals surface area contributed by atoms with Crippen LogP contribution in [0.5, 0.6) is 0 Å². The van der Waals surface area contributed by atoms with Gasteiger partial charge in [-0.3, -0.25) is 15.0 Å². The molecule has 0 spiro atoms. The van der Waals surface area contributed by atoms with E-state index in [-0.39, 0.29) is 10.6 Å². The quantitative estimate of drug-likeness (QED) is 0.663. The maximum absolute atomic E-state index is 11.0. The molecule has 1 aromatic rings. The Bertz CT molecular complexity index is 476. The number of piperidine rings is 1. The van der Waals surface area contributed by atoms with E-state index in [1.807, 2.05) is 19.1 Å². The largest absolute Gasteiger partial charge is 0.380 e. The number of hydrogen-bond acceptors (Lipinski definition) is 4. The summed E-state index contributed by atoms with van der Waals surface area (Å²) in [5.41, 5.74) is 1.92. The van der Waals surface area contributed by atoms with Crippen molar-refractivity contribution in [3.8, 4) is 0 Å². The lowest BCUT2D eigenvalue weighted by Gasteiger charge is -2.30. The molecule has 20 heavy (non-hydrogen) atoms. The van der Waals surface area contributed by atoms with E-state index in [0.717, 1.165) is 31.1 Å². The van der Waals surface area contributed by atoms with Crippen molar-refractivity contribution in [2.24, 2.45) is 5.92 Å². The van der Waals surface area contributed by atoms with Crippen molar-refractivity contribution in [3.05, 3.63) is 33.9 Å². The van der Waals surface area contributed by atoms with Gasteiger partial charge >= 0.3 is 0 Å². The van der Waals surface area contributed by atoms with Crippen LogP contribution in [-0.2, 0) is 6.54 Å². The van der Waals surface area contributed by atoms with Crippen molar-refractivity contribution in [1.82, 2.24) is 4.90 Å². The number of nitro benzene ring substituents is 1. The average molecular weight is 277 g/mol. The summed E-state index contributed by atoms with van der Waals surface area (Å²) in [6.45, 7) is 8.03. The lowest BCUT2D eigenvalue weighted by molar-refractivity contribution is -0.384. The van der Waals surface area contributed by atoms with Crippen molar-refractivity contribution < 1.29 is 4.92 Å². The summed E-state index contributed by atoms with van der Waals surface area (Å²) in [5, 5.41) is 14.1. The number of rotatable bonds is 5. The van der Waals surface area contributed by atoms with Crippen LogP contribution in [0.25, 0.3) is 0 Å². The number of nitro groups is 1. The Morgan fingerprint density at radius 1 is 1.50 bits per heavy atom. The first kappa shape index (κ1) is 14.8. The molecule has 0 aliphatic carbocycles. The normalized spacial score (nSPS) is 19.8. The highest BCUT2D eigenvalue weighted by atomic mass is 16.6. The second-order valence-electron chi connectivity index (χ2n) is 5.62. The molecule has 2 rings (SSSR count). The van der Waals surface area contributed by atoms with Crippen molar-refractivity contribution in [2.75, 3.05) is 25.0 Å². The first-order chi connectivity index (χ1) is 9.60. The molecule has 0 amide bonds. The van der Waals surface area contributed by atoms with Crippen LogP contribution in [0.2, 0.25) is 0 Å². The molecule has 110 valence electrons. The zero-order chi connectivity index (χ0) is 14.5. The highest BCUT2D eigenvalue weighted by molar-refractivity contribution is 5.62. The molecule has 1 saturated heterocycles. The predicted molar refractivity (Wildman–Crippen MR) is 80.9 cm³/mol. The molecule has 5 nitrogen and oxygen atoms in total. The van der Waals surface area contributed by atoms with Crippen LogP contribution in [-0.4, -0.2) is 29.5 Å². The summed E-state index contributed by atoms with van der Waals surface area (Å²) in [7, 11) is 0. The standard InChI is InChI=1S/C15H23N3O2/c1-3-16-14-9-13(6-7-15(14)18(19)20)11-17-8-4-5-12(2)10-17/h6-7,9,12,16H,3-5,8,10-11H2,1-2H3. The molecule has 1 aliphatic heterocycles. The third-order valence-corrected chi connectivity index (χ3v) is 3.77. The molecule has 1 aliphatic rings. The van der Waals surface area contributed by atoms with Crippen molar-refractivity contribution in [3.63, 3.8) is 0 Å². The van der Waals surface area contributed by atoms with Gasteiger partial charge in [0.05, 0.1) is 4.92 Å². The summed E-state index contributed by atoms with van der Waals surface area (Å²) in [6, 6.07) is 5.40. The number of benzene rings is 1. The highest BCUT2D eigenvalue weighted by Gasteiger charge is 2.18. The van der Waals surface area contributed by atoms with Crippen LogP contribution < -0.4 is 5.32 Å². The van der Waals surface area contributed by atoms with Crippen LogP contribution in [0.4, 0.5) is 11.4 Å². The third-order valence-electron chi connectivity index (χ3n) is 3.77. The van der Waals surface area contributed by atoms with Gasteiger partial charge in [-0.05, 0) is 43.9 Å². The van der Waals surface area contributed by atoms with E-state index >= 15 is 0 Å². The molecule has 1 fully saturated rings. The second kappa shape index (κ2) is 6.70. The third kappa shape index (κ3) is 3.70. The van der Waals surface area contributed by atoms with E-state index in [2.05, 4.69) is 17.1 Å². The summed E-state index contributed by atoms with van der Waals surface area (Å²) in [5.74, 6) is 0.745. The van der Waals surface area contributed by atoms with Gasteiger partial charge in [0.1, 0.15) is 5.69 Å². The molecule has 1 N–H and O–H groups in total. The van der Waals surface area contributed by atoms with Crippen LogP contribution >= 0.6 is 0 Å². The fourth-order valence-corrected chi connectivity index (χ4v) is 2.86. The number of likely N-dealkylation sites (tertiary alicyclic amines) is 1. The fraction of sp³-hybridized carbons (Fsp3) is 0.600. The molecule has 1 unspecified atom stereocenters. The van der Waals surface area contributed by atoms with Crippen LogP contribution in [0.15, 0.2) is 18.2 Å². The highest BCUT2D eigenvalue weighted by Crippen LogP contribution is 2.26. The minimum absolute atomic E-state index is 0.155. The number of nitrogens with one attached hydrogen (secondary N) is 1. The summed E-state index contributed by atoms with van der Waals surface area (Å²) < 4.78 is 0. The Morgan fingerprint density at radius 2 is 2.30 bits per heavy atom. The van der Waals surface area contributed by atoms with Gasteiger partial charge in [0, 0.05) is 25.7 Å². The molecule has 1 aromatic carbocycles. The Balaban J connectivity index is 2.11. The number of anilines is 1. The average Bonchev–Trinajstić information content (AvgIpc) is 2.39. The fourth-order valence-electron chi connectivity index (χ4n) is 2.86. The van der Waals surface area contributed by atoms with Gasteiger partial charge in [0.2, 0.25) is 0 Å². The SMILES string of the molecule is CCNc1cc(CN2CCCC(C)C2)ccc1[N+](=O)[O-]. The molecule has 1 atom stereocenters. The van der Waals surface area contributed by atoms with Crippen molar-refractivity contribution in [1.29, 1.82) is 0 Å². The van der Waals surface area contributed by atoms with Gasteiger partial charge in [-0.15, -0.1) is 0 Å². The Hall–Kier alpha value is -1.62. The Labute approximate surface area is 120 Å². The minimum atomic E-state index is -0.329. The molecule has 0 saturated carbocycles. The van der Waals surface area contributed by atoms with Crippen LogP contribution in [0.1, 0.15) is 32.3 Å². The van der Waals surface area contributed by atoms with Gasteiger partial charge in [0.15, 0.2) is 0 Å². The van der Waals surface area contributed by atoms with Gasteiger partial charge in [-0.1, -0.05) is 13.0 Å². The zero-order valence-corrected chi connectivity index (χ0v) is 12.3. The first-order valence-corrected chi connectivity index (χ1v) is 7.33. The zero-order valence-electron chi connectivity index (χ0n) is 12.3. The molecule has 0 bridgehead atoms. The summed E-state index contributed by atoms with van der Waals surface area (Å²) >= 11 is 0. The Kier molecular flexibility index (Phi) is 4.95. The molecular weight excluding hydrogens is 254 g/mol. The second-order valence-corrected chi connectivity index (χ2v) is 5.62.